The first-order valence-electron chi connectivity index (χ1n) is 6.53. The number of sulfone groups is 1. The maximum atomic E-state index is 12.0. The molecule has 0 spiro atoms. The minimum absolute atomic E-state index is 0.0486. The molecule has 1 unspecified atom stereocenters. The van der Waals surface area contributed by atoms with E-state index < -0.39 is 15.9 Å². The number of benzene rings is 1. The van der Waals surface area contributed by atoms with Crippen molar-refractivity contribution in [2.24, 2.45) is 5.41 Å². The zero-order chi connectivity index (χ0) is 15.2. The lowest BCUT2D eigenvalue weighted by molar-refractivity contribution is 0.105. The molecule has 0 aromatic heterocycles. The summed E-state index contributed by atoms with van der Waals surface area (Å²) in [6, 6.07) is 8.36. The van der Waals surface area contributed by atoms with E-state index in [9.17, 15) is 13.5 Å². The smallest absolute Gasteiger partial charge is 0.181 e. The summed E-state index contributed by atoms with van der Waals surface area (Å²) in [6.45, 7) is 5.81. The third-order valence-corrected chi connectivity index (χ3v) is 4.47. The monoisotopic (exact) mass is 294 g/mol. The number of rotatable bonds is 5. The van der Waals surface area contributed by atoms with E-state index in [0.29, 0.717) is 4.90 Å². The van der Waals surface area contributed by atoms with Gasteiger partial charge in [0.25, 0.3) is 0 Å². The Hall–Kier alpha value is -1.39. The van der Waals surface area contributed by atoms with Crippen LogP contribution in [0.25, 0.3) is 0 Å². The first kappa shape index (κ1) is 16.7. The van der Waals surface area contributed by atoms with Crippen LogP contribution in [-0.2, 0) is 9.84 Å². The van der Waals surface area contributed by atoms with Crippen molar-refractivity contribution < 1.29 is 13.5 Å². The van der Waals surface area contributed by atoms with Gasteiger partial charge in [0.05, 0.1) is 16.8 Å². The highest BCUT2D eigenvalue weighted by Crippen LogP contribution is 2.19. The van der Waals surface area contributed by atoms with Gasteiger partial charge >= 0.3 is 0 Å². The summed E-state index contributed by atoms with van der Waals surface area (Å²) in [5, 5.41) is 9.78. The maximum Gasteiger partial charge on any atom is 0.181 e. The van der Waals surface area contributed by atoms with E-state index in [-0.39, 0.29) is 11.2 Å². The normalized spacial score (nSPS) is 15.0. The summed E-state index contributed by atoms with van der Waals surface area (Å²) in [4.78, 5) is 0.323. The van der Waals surface area contributed by atoms with Crippen molar-refractivity contribution in [2.75, 3.05) is 5.75 Å². The van der Waals surface area contributed by atoms with Crippen molar-refractivity contribution in [3.63, 3.8) is 0 Å². The van der Waals surface area contributed by atoms with Crippen molar-refractivity contribution in [3.8, 4) is 0 Å². The van der Waals surface area contributed by atoms with Gasteiger partial charge in [0.2, 0.25) is 0 Å². The standard InChI is InChI=1S/C16H22O3S/c1-16(2,3)15(17)12-8-5-9-13-20(18,19)14-10-6-4-7-11-14/h4-12,15,17H,13H2,1-3H3/b9-5+,12-8+. The highest BCUT2D eigenvalue weighted by molar-refractivity contribution is 7.91. The van der Waals surface area contributed by atoms with Gasteiger partial charge in [-0.05, 0) is 17.5 Å². The number of aliphatic hydroxyl groups excluding tert-OH is 1. The molecule has 0 amide bonds. The molecular weight excluding hydrogens is 272 g/mol. The average Bonchev–Trinajstić information content (AvgIpc) is 2.38. The predicted octanol–water partition coefficient (Wildman–Crippen LogP) is 2.98. The molecule has 3 nitrogen and oxygen atoms in total. The topological polar surface area (TPSA) is 54.4 Å². The highest BCUT2D eigenvalue weighted by Gasteiger charge is 2.18. The van der Waals surface area contributed by atoms with E-state index in [4.69, 9.17) is 0 Å². The molecule has 1 atom stereocenters. The van der Waals surface area contributed by atoms with Crippen LogP contribution in [0.2, 0.25) is 0 Å². The zero-order valence-corrected chi connectivity index (χ0v) is 13.0. The molecule has 0 fully saturated rings. The zero-order valence-electron chi connectivity index (χ0n) is 12.2. The Kier molecular flexibility index (Phi) is 5.72. The van der Waals surface area contributed by atoms with Crippen molar-refractivity contribution >= 4 is 9.84 Å². The number of hydrogen-bond acceptors (Lipinski definition) is 3. The van der Waals surface area contributed by atoms with Crippen molar-refractivity contribution in [1.29, 1.82) is 0 Å². The number of aliphatic hydroxyl groups is 1. The summed E-state index contributed by atoms with van der Waals surface area (Å²) < 4.78 is 23.9. The lowest BCUT2D eigenvalue weighted by Gasteiger charge is -2.22. The molecule has 0 radical (unpaired) electrons. The van der Waals surface area contributed by atoms with Gasteiger partial charge in [-0.2, -0.15) is 0 Å². The number of allylic oxidation sites excluding steroid dienone is 2. The van der Waals surface area contributed by atoms with Gasteiger partial charge in [-0.3, -0.25) is 0 Å². The summed E-state index contributed by atoms with van der Waals surface area (Å²) in [5.74, 6) is -0.0486. The SMILES string of the molecule is CC(C)(C)C(O)/C=C/C=C/CS(=O)(=O)c1ccccc1. The van der Waals surface area contributed by atoms with Gasteiger partial charge < -0.3 is 5.11 Å². The Balaban J connectivity index is 2.60. The molecule has 110 valence electrons. The van der Waals surface area contributed by atoms with Crippen molar-refractivity contribution in [3.05, 3.63) is 54.6 Å². The largest absolute Gasteiger partial charge is 0.388 e. The van der Waals surface area contributed by atoms with Crippen LogP contribution in [0.5, 0.6) is 0 Å². The Morgan fingerprint density at radius 3 is 2.30 bits per heavy atom. The Bertz CT molecular complexity index is 563. The summed E-state index contributed by atoms with van der Waals surface area (Å²) >= 11 is 0. The fourth-order valence-corrected chi connectivity index (χ4v) is 2.57. The molecule has 0 saturated carbocycles. The van der Waals surface area contributed by atoms with Crippen molar-refractivity contribution in [2.45, 2.75) is 31.8 Å². The fourth-order valence-electron chi connectivity index (χ4n) is 1.44. The lowest BCUT2D eigenvalue weighted by Crippen LogP contribution is -2.23. The molecule has 0 saturated heterocycles. The van der Waals surface area contributed by atoms with Crippen LogP contribution in [0.1, 0.15) is 20.8 Å². The number of hydrogen-bond donors (Lipinski definition) is 1. The second kappa shape index (κ2) is 6.86. The molecule has 0 aliphatic heterocycles. The predicted molar refractivity (Wildman–Crippen MR) is 82.2 cm³/mol. The summed E-state index contributed by atoms with van der Waals surface area (Å²) in [5.41, 5.74) is -0.222. The average molecular weight is 294 g/mol. The molecule has 4 heteroatoms. The second-order valence-electron chi connectivity index (χ2n) is 5.72. The van der Waals surface area contributed by atoms with E-state index in [2.05, 4.69) is 0 Å². The minimum atomic E-state index is -3.27. The van der Waals surface area contributed by atoms with Crippen LogP contribution < -0.4 is 0 Å². The van der Waals surface area contributed by atoms with Gasteiger partial charge in [-0.15, -0.1) is 0 Å². The molecule has 1 rings (SSSR count). The van der Waals surface area contributed by atoms with Crippen LogP contribution in [0.3, 0.4) is 0 Å². The molecule has 1 N–H and O–H groups in total. The molecule has 0 aliphatic rings. The van der Waals surface area contributed by atoms with Crippen LogP contribution >= 0.6 is 0 Å². The second-order valence-corrected chi connectivity index (χ2v) is 7.75. The Labute approximate surface area is 121 Å². The molecule has 0 heterocycles. The van der Waals surface area contributed by atoms with Crippen LogP contribution in [0.15, 0.2) is 59.5 Å². The summed E-state index contributed by atoms with van der Waals surface area (Å²) in [7, 11) is -3.27. The van der Waals surface area contributed by atoms with Gasteiger partial charge in [0.1, 0.15) is 0 Å². The molecule has 20 heavy (non-hydrogen) atoms. The molecular formula is C16H22O3S. The van der Waals surface area contributed by atoms with Gasteiger partial charge in [-0.1, -0.05) is 63.3 Å². The Morgan fingerprint density at radius 2 is 1.75 bits per heavy atom. The van der Waals surface area contributed by atoms with Crippen LogP contribution in [0, 0.1) is 5.41 Å². The van der Waals surface area contributed by atoms with Crippen LogP contribution in [0.4, 0.5) is 0 Å². The van der Waals surface area contributed by atoms with Gasteiger partial charge in [0.15, 0.2) is 9.84 Å². The van der Waals surface area contributed by atoms with E-state index in [1.54, 1.807) is 54.6 Å². The first-order valence-corrected chi connectivity index (χ1v) is 8.18. The first-order chi connectivity index (χ1) is 9.23. The van der Waals surface area contributed by atoms with E-state index in [0.717, 1.165) is 0 Å². The maximum absolute atomic E-state index is 12.0. The van der Waals surface area contributed by atoms with Gasteiger partial charge in [-0.25, -0.2) is 8.42 Å². The molecule has 0 aliphatic carbocycles. The van der Waals surface area contributed by atoms with Gasteiger partial charge in [0, 0.05) is 0 Å². The highest BCUT2D eigenvalue weighted by atomic mass is 32.2. The van der Waals surface area contributed by atoms with Crippen molar-refractivity contribution in [1.82, 2.24) is 0 Å². The van der Waals surface area contributed by atoms with Crippen LogP contribution in [-0.4, -0.2) is 25.4 Å². The molecule has 0 bridgehead atoms. The van der Waals surface area contributed by atoms with E-state index in [1.807, 2.05) is 20.8 Å². The lowest BCUT2D eigenvalue weighted by atomic mass is 9.89. The quantitative estimate of drug-likeness (QED) is 0.849. The Morgan fingerprint density at radius 1 is 1.15 bits per heavy atom. The summed E-state index contributed by atoms with van der Waals surface area (Å²) in [6.07, 6.45) is 6.00. The van der Waals surface area contributed by atoms with E-state index >= 15 is 0 Å². The molecule has 1 aromatic carbocycles. The third-order valence-electron chi connectivity index (χ3n) is 2.85. The third kappa shape index (κ3) is 5.31. The minimum Gasteiger partial charge on any atom is -0.388 e. The molecule has 1 aromatic rings. The fraction of sp³-hybridized carbons (Fsp3) is 0.375. The van der Waals surface area contributed by atoms with E-state index in [1.165, 1.54) is 0 Å².